The summed E-state index contributed by atoms with van der Waals surface area (Å²) in [6, 6.07) is 0. The van der Waals surface area contributed by atoms with Crippen LogP contribution in [-0.4, -0.2) is 65.2 Å². The number of H-pyrrole nitrogens is 1. The van der Waals surface area contributed by atoms with Crippen LogP contribution in [0.3, 0.4) is 0 Å². The third kappa shape index (κ3) is 3.98. The first-order valence-electron chi connectivity index (χ1n) is 7.83. The number of nitrogens with zero attached hydrogens (tertiary/aromatic N) is 3. The van der Waals surface area contributed by atoms with Crippen molar-refractivity contribution in [2.75, 3.05) is 35.7 Å². The van der Waals surface area contributed by atoms with Crippen molar-refractivity contribution in [1.82, 2.24) is 9.97 Å². The van der Waals surface area contributed by atoms with E-state index in [0.717, 1.165) is 4.90 Å². The van der Waals surface area contributed by atoms with Gasteiger partial charge in [-0.25, -0.2) is 0 Å². The Hall–Kier alpha value is -2.43. The van der Waals surface area contributed by atoms with Crippen LogP contribution in [0.15, 0.2) is 16.9 Å². The Morgan fingerprint density at radius 1 is 1.52 bits per heavy atom. The number of nitrogens with one attached hydrogen (secondary N) is 1. The smallest absolute Gasteiger partial charge is 0.278 e. The first-order chi connectivity index (χ1) is 11.9. The van der Waals surface area contributed by atoms with Crippen LogP contribution in [0.1, 0.15) is 13.3 Å². The summed E-state index contributed by atoms with van der Waals surface area (Å²) in [5, 5.41) is 19.1. The zero-order valence-electron chi connectivity index (χ0n) is 14.1. The number of aromatic amines is 1. The zero-order valence-corrected chi connectivity index (χ0v) is 14.1. The fraction of sp³-hybridized carbons (Fsp3) is 0.533. The van der Waals surface area contributed by atoms with Crippen molar-refractivity contribution >= 4 is 23.9 Å². The van der Waals surface area contributed by atoms with Crippen molar-refractivity contribution in [3.05, 3.63) is 22.5 Å². The van der Waals surface area contributed by atoms with Gasteiger partial charge in [-0.15, -0.1) is 0 Å². The molecule has 0 bridgehead atoms. The Bertz CT molecular complexity index is 691. The Morgan fingerprint density at radius 2 is 2.24 bits per heavy atom. The molecule has 138 valence electrons. The van der Waals surface area contributed by atoms with Crippen LogP contribution < -0.4 is 21.1 Å². The topological polar surface area (TPSA) is 145 Å². The van der Waals surface area contributed by atoms with Crippen LogP contribution in [0.4, 0.5) is 17.5 Å². The van der Waals surface area contributed by atoms with Gasteiger partial charge in [0.15, 0.2) is 5.82 Å². The number of likely N-dealkylation sites (N-methyl/N-ethyl adjacent to an activating group) is 1. The van der Waals surface area contributed by atoms with E-state index in [2.05, 4.69) is 9.97 Å². The number of rotatable bonds is 7. The number of hydrogen-bond acceptors (Lipinski definition) is 8. The number of allylic oxidation sites excluding steroid dienone is 1. The van der Waals surface area contributed by atoms with Crippen LogP contribution in [0, 0.1) is 0 Å². The van der Waals surface area contributed by atoms with Crippen molar-refractivity contribution < 1.29 is 19.7 Å². The highest BCUT2D eigenvalue weighted by molar-refractivity contribution is 5.82. The number of carbonyl (C=O) groups excluding carboxylic acids is 1. The Labute approximate surface area is 144 Å². The molecule has 0 aromatic carbocycles. The van der Waals surface area contributed by atoms with E-state index < -0.39 is 24.0 Å². The second-order valence-corrected chi connectivity index (χ2v) is 5.70. The minimum atomic E-state index is -0.930. The minimum Gasteiger partial charge on any atom is -0.394 e. The van der Waals surface area contributed by atoms with E-state index in [0.29, 0.717) is 13.0 Å². The van der Waals surface area contributed by atoms with Gasteiger partial charge in [-0.1, -0.05) is 12.2 Å². The molecular weight excluding hydrogens is 330 g/mol. The molecule has 0 radical (unpaired) electrons. The van der Waals surface area contributed by atoms with Crippen molar-refractivity contribution in [2.45, 2.75) is 31.8 Å². The van der Waals surface area contributed by atoms with Crippen LogP contribution >= 0.6 is 0 Å². The van der Waals surface area contributed by atoms with E-state index >= 15 is 0 Å². The van der Waals surface area contributed by atoms with Crippen LogP contribution in [0.2, 0.25) is 0 Å². The van der Waals surface area contributed by atoms with Crippen LogP contribution in [0.25, 0.3) is 0 Å². The second-order valence-electron chi connectivity index (χ2n) is 5.70. The average Bonchev–Trinajstić information content (AvgIpc) is 2.93. The van der Waals surface area contributed by atoms with Gasteiger partial charge in [0, 0.05) is 20.0 Å². The predicted molar refractivity (Wildman–Crippen MR) is 92.3 cm³/mol. The van der Waals surface area contributed by atoms with Crippen molar-refractivity contribution in [1.29, 1.82) is 0 Å². The number of aliphatic hydroxyl groups is 2. The summed E-state index contributed by atoms with van der Waals surface area (Å²) in [5.41, 5.74) is 5.27. The first kappa shape index (κ1) is 18.9. The standard InChI is InChI=1S/C15H23N5O5/c1-3-4-5-19(2)12-13(17-15(16)18-14(12)24)20(8-22)11-6-9(23)10(7-21)25-11/h3-4,8-11,21,23H,5-7H2,1-2H3,(H3,16,17,18,24)/b4-3+. The molecule has 1 aliphatic heterocycles. The summed E-state index contributed by atoms with van der Waals surface area (Å²) in [4.78, 5) is 33.3. The summed E-state index contributed by atoms with van der Waals surface area (Å²) < 4.78 is 5.50. The molecule has 1 saturated heterocycles. The largest absolute Gasteiger partial charge is 0.394 e. The second kappa shape index (κ2) is 8.10. The van der Waals surface area contributed by atoms with E-state index in [4.69, 9.17) is 10.5 Å². The van der Waals surface area contributed by atoms with Gasteiger partial charge in [-0.05, 0) is 6.92 Å². The quantitative estimate of drug-likeness (QED) is 0.353. The summed E-state index contributed by atoms with van der Waals surface area (Å²) in [6.07, 6.45) is 1.60. The van der Waals surface area contributed by atoms with Gasteiger partial charge in [0.05, 0.1) is 12.7 Å². The number of nitrogen functional groups attached to an aromatic ring is 1. The normalized spacial score (nSPS) is 23.1. The molecule has 2 heterocycles. The van der Waals surface area contributed by atoms with Crippen LogP contribution in [0.5, 0.6) is 0 Å². The summed E-state index contributed by atoms with van der Waals surface area (Å²) >= 11 is 0. The summed E-state index contributed by atoms with van der Waals surface area (Å²) in [7, 11) is 1.68. The fourth-order valence-corrected chi connectivity index (χ4v) is 2.66. The maximum atomic E-state index is 12.4. The zero-order chi connectivity index (χ0) is 18.6. The lowest BCUT2D eigenvalue weighted by Crippen LogP contribution is -2.39. The molecule has 1 aromatic heterocycles. The highest BCUT2D eigenvalue weighted by atomic mass is 16.5. The molecule has 1 amide bonds. The van der Waals surface area contributed by atoms with E-state index in [1.165, 1.54) is 0 Å². The number of aliphatic hydroxyl groups excluding tert-OH is 2. The molecule has 5 N–H and O–H groups in total. The highest BCUT2D eigenvalue weighted by Crippen LogP contribution is 2.30. The number of hydrogen-bond donors (Lipinski definition) is 4. The molecule has 0 aliphatic carbocycles. The summed E-state index contributed by atoms with van der Waals surface area (Å²) in [6.45, 7) is 1.88. The molecule has 1 aliphatic rings. The molecule has 3 atom stereocenters. The van der Waals surface area contributed by atoms with E-state index in [1.54, 1.807) is 11.9 Å². The lowest BCUT2D eigenvalue weighted by molar-refractivity contribution is -0.110. The average molecular weight is 353 g/mol. The van der Waals surface area contributed by atoms with Gasteiger partial charge < -0.3 is 25.6 Å². The number of nitrogens with two attached hydrogens (primary N) is 1. The minimum absolute atomic E-state index is 0.0269. The fourth-order valence-electron chi connectivity index (χ4n) is 2.66. The number of ether oxygens (including phenoxy) is 1. The number of carbonyl (C=O) groups is 1. The SMILES string of the molecule is C/C=C/CN(C)c1c(N(C=O)C2CC(O)C(CO)O2)nc(N)[nH]c1=O. The summed E-state index contributed by atoms with van der Waals surface area (Å²) in [5.74, 6) is -0.119. The molecule has 2 rings (SSSR count). The van der Waals surface area contributed by atoms with Gasteiger partial charge in [-0.2, -0.15) is 4.98 Å². The molecule has 0 spiro atoms. The molecule has 0 saturated carbocycles. The Morgan fingerprint density at radius 3 is 2.80 bits per heavy atom. The number of amides is 1. The Balaban J connectivity index is 2.44. The monoisotopic (exact) mass is 353 g/mol. The van der Waals surface area contributed by atoms with E-state index in [1.807, 2.05) is 19.1 Å². The van der Waals surface area contributed by atoms with Gasteiger partial charge in [0.2, 0.25) is 12.4 Å². The Kier molecular flexibility index (Phi) is 6.12. The van der Waals surface area contributed by atoms with Gasteiger partial charge in [0.25, 0.3) is 5.56 Å². The third-order valence-electron chi connectivity index (χ3n) is 3.94. The van der Waals surface area contributed by atoms with Gasteiger partial charge in [0.1, 0.15) is 18.0 Å². The first-order valence-corrected chi connectivity index (χ1v) is 7.83. The van der Waals surface area contributed by atoms with Gasteiger partial charge >= 0.3 is 0 Å². The predicted octanol–water partition coefficient (Wildman–Crippen LogP) is -1.20. The van der Waals surface area contributed by atoms with Gasteiger partial charge in [-0.3, -0.25) is 19.5 Å². The molecule has 3 unspecified atom stereocenters. The lowest BCUT2D eigenvalue weighted by atomic mass is 10.2. The highest BCUT2D eigenvalue weighted by Gasteiger charge is 2.38. The molecule has 1 aromatic rings. The third-order valence-corrected chi connectivity index (χ3v) is 3.94. The van der Waals surface area contributed by atoms with E-state index in [-0.39, 0.29) is 30.5 Å². The van der Waals surface area contributed by atoms with Crippen molar-refractivity contribution in [3.63, 3.8) is 0 Å². The molecule has 10 heteroatoms. The molecular formula is C15H23N5O5. The van der Waals surface area contributed by atoms with Crippen molar-refractivity contribution in [3.8, 4) is 0 Å². The van der Waals surface area contributed by atoms with Crippen LogP contribution in [-0.2, 0) is 9.53 Å². The number of aromatic nitrogens is 2. The molecule has 25 heavy (non-hydrogen) atoms. The maximum absolute atomic E-state index is 12.4. The molecule has 1 fully saturated rings. The number of anilines is 3. The lowest BCUT2D eigenvalue weighted by Gasteiger charge is -2.28. The molecule has 10 nitrogen and oxygen atoms in total. The van der Waals surface area contributed by atoms with E-state index in [9.17, 15) is 19.8 Å². The van der Waals surface area contributed by atoms with Crippen molar-refractivity contribution in [2.24, 2.45) is 0 Å². The maximum Gasteiger partial charge on any atom is 0.278 e.